The van der Waals surface area contributed by atoms with Gasteiger partial charge in [-0.2, -0.15) is 0 Å². The van der Waals surface area contributed by atoms with Gasteiger partial charge in [-0.3, -0.25) is 0 Å². The van der Waals surface area contributed by atoms with Gasteiger partial charge in [0, 0.05) is 23.6 Å². The van der Waals surface area contributed by atoms with Gasteiger partial charge < -0.3 is 10.5 Å². The van der Waals surface area contributed by atoms with Crippen LogP contribution in [-0.4, -0.2) is 6.61 Å². The van der Waals surface area contributed by atoms with Gasteiger partial charge in [0.2, 0.25) is 0 Å². The van der Waals surface area contributed by atoms with Crippen LogP contribution in [0.4, 0.5) is 4.39 Å². The van der Waals surface area contributed by atoms with E-state index in [0.29, 0.717) is 18.3 Å². The molecule has 0 saturated heterocycles. The van der Waals surface area contributed by atoms with Crippen LogP contribution in [0.2, 0.25) is 0 Å². The second-order valence-electron chi connectivity index (χ2n) is 5.38. The first-order valence-corrected chi connectivity index (χ1v) is 6.91. The fourth-order valence-corrected chi connectivity index (χ4v) is 2.71. The van der Waals surface area contributed by atoms with Crippen molar-refractivity contribution in [2.45, 2.75) is 25.3 Å². The Labute approximate surface area is 118 Å². The largest absolute Gasteiger partial charge is 0.492 e. The van der Waals surface area contributed by atoms with Crippen molar-refractivity contribution in [1.29, 1.82) is 0 Å². The Morgan fingerprint density at radius 1 is 1.30 bits per heavy atom. The maximum absolute atomic E-state index is 13.3. The summed E-state index contributed by atoms with van der Waals surface area (Å²) in [5.41, 5.74) is 9.46. The minimum absolute atomic E-state index is 0.167. The number of rotatable bonds is 4. The Morgan fingerprint density at radius 3 is 2.85 bits per heavy atom. The second-order valence-corrected chi connectivity index (χ2v) is 5.38. The van der Waals surface area contributed by atoms with Gasteiger partial charge in [-0.05, 0) is 30.5 Å². The summed E-state index contributed by atoms with van der Waals surface area (Å²) in [6.45, 7) is 2.44. The smallest absolute Gasteiger partial charge is 0.126 e. The molecule has 2 atom stereocenters. The lowest BCUT2D eigenvalue weighted by atomic mass is 9.78. The van der Waals surface area contributed by atoms with Crippen molar-refractivity contribution < 1.29 is 9.13 Å². The Bertz CT molecular complexity index is 624. The summed E-state index contributed by atoms with van der Waals surface area (Å²) >= 11 is 0. The van der Waals surface area contributed by atoms with Crippen LogP contribution in [-0.2, 0) is 6.42 Å². The quantitative estimate of drug-likeness (QED) is 0.922. The summed E-state index contributed by atoms with van der Waals surface area (Å²) in [7, 11) is 0. The van der Waals surface area contributed by atoms with Crippen LogP contribution < -0.4 is 10.5 Å². The highest BCUT2D eigenvalue weighted by Gasteiger charge is 2.26. The molecule has 3 rings (SSSR count). The molecule has 1 aliphatic carbocycles. The molecule has 0 aliphatic heterocycles. The van der Waals surface area contributed by atoms with Gasteiger partial charge in [0.25, 0.3) is 0 Å². The lowest BCUT2D eigenvalue weighted by Gasteiger charge is -2.30. The van der Waals surface area contributed by atoms with E-state index in [9.17, 15) is 4.39 Å². The van der Waals surface area contributed by atoms with Crippen molar-refractivity contribution in [3.63, 3.8) is 0 Å². The average Bonchev–Trinajstić information content (AvgIpc) is 2.39. The summed E-state index contributed by atoms with van der Waals surface area (Å²) in [6.07, 6.45) is 1.03. The molecule has 0 spiro atoms. The Kier molecular flexibility index (Phi) is 3.45. The van der Waals surface area contributed by atoms with Gasteiger partial charge in [-0.15, -0.1) is 0 Å². The fourth-order valence-electron chi connectivity index (χ4n) is 2.71. The van der Waals surface area contributed by atoms with E-state index in [0.717, 1.165) is 12.0 Å². The van der Waals surface area contributed by atoms with E-state index in [2.05, 4.69) is 18.2 Å². The lowest BCUT2D eigenvalue weighted by Crippen LogP contribution is -2.23. The summed E-state index contributed by atoms with van der Waals surface area (Å²) in [6, 6.07) is 12.7. The van der Waals surface area contributed by atoms with Crippen LogP contribution in [0.15, 0.2) is 42.5 Å². The molecule has 0 radical (unpaired) electrons. The molecule has 2 N–H and O–H groups in total. The molecule has 2 unspecified atom stereocenters. The molecule has 2 aromatic carbocycles. The molecule has 20 heavy (non-hydrogen) atoms. The fraction of sp³-hybridized carbons (Fsp3) is 0.294. The molecule has 3 heteroatoms. The highest BCUT2D eigenvalue weighted by molar-refractivity contribution is 5.41. The van der Waals surface area contributed by atoms with Crippen LogP contribution in [0.1, 0.15) is 35.6 Å². The number of ether oxygens (including phenoxy) is 1. The number of benzene rings is 2. The summed E-state index contributed by atoms with van der Waals surface area (Å²) in [5.74, 6) is 0.665. The van der Waals surface area contributed by atoms with Gasteiger partial charge in [0.05, 0.1) is 6.61 Å². The third-order valence-corrected chi connectivity index (χ3v) is 3.87. The number of fused-ring (bicyclic) bond motifs is 1. The zero-order valence-corrected chi connectivity index (χ0v) is 11.5. The Morgan fingerprint density at radius 2 is 2.10 bits per heavy atom. The SMILES string of the molecule is CC(N)c1ccc(F)cc1OCC1Cc2ccccc21. The molecular weight excluding hydrogens is 253 g/mol. The van der Waals surface area contributed by atoms with Crippen molar-refractivity contribution >= 4 is 0 Å². The first-order chi connectivity index (χ1) is 9.65. The monoisotopic (exact) mass is 271 g/mol. The predicted molar refractivity (Wildman–Crippen MR) is 77.4 cm³/mol. The lowest BCUT2D eigenvalue weighted by molar-refractivity contribution is 0.270. The highest BCUT2D eigenvalue weighted by atomic mass is 19.1. The second kappa shape index (κ2) is 5.25. The molecule has 2 nitrogen and oxygen atoms in total. The van der Waals surface area contributed by atoms with Crippen molar-refractivity contribution in [2.24, 2.45) is 5.73 Å². The summed E-state index contributed by atoms with van der Waals surface area (Å²) < 4.78 is 19.2. The van der Waals surface area contributed by atoms with Crippen LogP contribution >= 0.6 is 0 Å². The summed E-state index contributed by atoms with van der Waals surface area (Å²) in [4.78, 5) is 0. The predicted octanol–water partition coefficient (Wildman–Crippen LogP) is 3.56. The number of hydrogen-bond donors (Lipinski definition) is 1. The van der Waals surface area contributed by atoms with Crippen LogP contribution in [0.25, 0.3) is 0 Å². The van der Waals surface area contributed by atoms with E-state index in [-0.39, 0.29) is 11.9 Å². The number of nitrogens with two attached hydrogens (primary N) is 1. The van der Waals surface area contributed by atoms with Crippen molar-refractivity contribution in [2.75, 3.05) is 6.61 Å². The van der Waals surface area contributed by atoms with Gasteiger partial charge >= 0.3 is 0 Å². The molecule has 0 bridgehead atoms. The molecule has 0 heterocycles. The van der Waals surface area contributed by atoms with Gasteiger partial charge in [-0.1, -0.05) is 30.3 Å². The molecule has 0 amide bonds. The van der Waals surface area contributed by atoms with Crippen molar-refractivity contribution in [1.82, 2.24) is 0 Å². The molecular formula is C17H18FNO. The zero-order valence-electron chi connectivity index (χ0n) is 11.5. The molecule has 2 aromatic rings. The van der Waals surface area contributed by atoms with Crippen LogP contribution in [0, 0.1) is 5.82 Å². The van der Waals surface area contributed by atoms with Crippen LogP contribution in [0.3, 0.4) is 0 Å². The number of hydrogen-bond acceptors (Lipinski definition) is 2. The van der Waals surface area contributed by atoms with Gasteiger partial charge in [0.15, 0.2) is 0 Å². The topological polar surface area (TPSA) is 35.2 Å². The highest BCUT2D eigenvalue weighted by Crippen LogP contribution is 2.35. The number of halogens is 1. The van der Waals surface area contributed by atoms with E-state index in [1.807, 2.05) is 13.0 Å². The normalized spacial score (nSPS) is 18.1. The minimum atomic E-state index is -0.293. The summed E-state index contributed by atoms with van der Waals surface area (Å²) in [5, 5.41) is 0. The maximum atomic E-state index is 13.3. The Hall–Kier alpha value is -1.87. The van der Waals surface area contributed by atoms with E-state index < -0.39 is 0 Å². The van der Waals surface area contributed by atoms with E-state index >= 15 is 0 Å². The third kappa shape index (κ3) is 2.41. The van der Waals surface area contributed by atoms with Gasteiger partial charge in [0.1, 0.15) is 11.6 Å². The van der Waals surface area contributed by atoms with Crippen LogP contribution in [0.5, 0.6) is 5.75 Å². The third-order valence-electron chi connectivity index (χ3n) is 3.87. The van der Waals surface area contributed by atoms with E-state index in [1.54, 1.807) is 6.07 Å². The van der Waals surface area contributed by atoms with E-state index in [1.165, 1.54) is 23.3 Å². The first kappa shape index (κ1) is 13.1. The van der Waals surface area contributed by atoms with Crippen molar-refractivity contribution in [3.05, 3.63) is 65.0 Å². The van der Waals surface area contributed by atoms with E-state index in [4.69, 9.17) is 10.5 Å². The zero-order chi connectivity index (χ0) is 14.1. The average molecular weight is 271 g/mol. The molecule has 0 aromatic heterocycles. The molecule has 0 fully saturated rings. The molecule has 1 aliphatic rings. The molecule has 104 valence electrons. The standard InChI is InChI=1S/C17H18FNO/c1-11(19)15-7-6-14(18)9-17(15)20-10-13-8-12-4-2-3-5-16(12)13/h2-7,9,11,13H,8,10,19H2,1H3. The minimum Gasteiger partial charge on any atom is -0.492 e. The molecule has 0 saturated carbocycles. The first-order valence-electron chi connectivity index (χ1n) is 6.91. The Balaban J connectivity index is 1.72. The van der Waals surface area contributed by atoms with Gasteiger partial charge in [-0.25, -0.2) is 4.39 Å². The maximum Gasteiger partial charge on any atom is 0.126 e. The van der Waals surface area contributed by atoms with Crippen molar-refractivity contribution in [3.8, 4) is 5.75 Å².